The molecule has 0 spiro atoms. The fourth-order valence-corrected chi connectivity index (χ4v) is 1.97. The Labute approximate surface area is 105 Å². The molecule has 0 radical (unpaired) electrons. The first-order valence-corrected chi connectivity index (χ1v) is 5.91. The van der Waals surface area contributed by atoms with E-state index < -0.39 is 0 Å². The average molecular weight is 255 g/mol. The standard InChI is InChI=1S/C12H15ClN2O2/c13-9-3-1-8(2-4-9)7-17-10-5-11(12(14)16)15-6-10/h1-4,10-11,15H,5-7H2,(H2,14,16)/t10-,11-/m0/s1. The Kier molecular flexibility index (Phi) is 3.99. The van der Waals surface area contributed by atoms with Crippen LogP contribution in [0.4, 0.5) is 0 Å². The number of ether oxygens (including phenoxy) is 1. The van der Waals surface area contributed by atoms with E-state index in [4.69, 9.17) is 22.1 Å². The molecule has 2 atom stereocenters. The summed E-state index contributed by atoms with van der Waals surface area (Å²) in [6.45, 7) is 1.19. The van der Waals surface area contributed by atoms with Gasteiger partial charge in [0, 0.05) is 11.6 Å². The van der Waals surface area contributed by atoms with Crippen molar-refractivity contribution in [2.45, 2.75) is 25.2 Å². The SMILES string of the molecule is NC(=O)[C@@H]1C[C@H](OCc2ccc(Cl)cc2)CN1. The molecule has 0 saturated carbocycles. The Morgan fingerprint density at radius 1 is 1.47 bits per heavy atom. The maximum atomic E-state index is 10.9. The van der Waals surface area contributed by atoms with Crippen LogP contribution in [-0.4, -0.2) is 24.6 Å². The van der Waals surface area contributed by atoms with Gasteiger partial charge in [-0.15, -0.1) is 0 Å². The lowest BCUT2D eigenvalue weighted by atomic mass is 10.2. The molecule has 92 valence electrons. The summed E-state index contributed by atoms with van der Waals surface area (Å²) in [4.78, 5) is 10.9. The van der Waals surface area contributed by atoms with Gasteiger partial charge in [0.1, 0.15) is 0 Å². The number of nitrogens with two attached hydrogens (primary N) is 1. The highest BCUT2D eigenvalue weighted by Crippen LogP contribution is 2.14. The molecule has 3 N–H and O–H groups in total. The molecule has 1 aromatic rings. The highest BCUT2D eigenvalue weighted by atomic mass is 35.5. The smallest absolute Gasteiger partial charge is 0.234 e. The van der Waals surface area contributed by atoms with Crippen LogP contribution >= 0.6 is 11.6 Å². The molecule has 1 fully saturated rings. The topological polar surface area (TPSA) is 64.4 Å². The van der Waals surface area contributed by atoms with Crippen molar-refractivity contribution >= 4 is 17.5 Å². The minimum Gasteiger partial charge on any atom is -0.372 e. The van der Waals surface area contributed by atoms with Crippen molar-refractivity contribution in [1.82, 2.24) is 5.32 Å². The molecule has 4 nitrogen and oxygen atoms in total. The van der Waals surface area contributed by atoms with Crippen LogP contribution in [0, 0.1) is 0 Å². The minimum atomic E-state index is -0.317. The predicted octanol–water partition coefficient (Wildman–Crippen LogP) is 1.07. The maximum Gasteiger partial charge on any atom is 0.234 e. The number of primary amides is 1. The van der Waals surface area contributed by atoms with Crippen LogP contribution in [0.15, 0.2) is 24.3 Å². The van der Waals surface area contributed by atoms with E-state index in [1.165, 1.54) is 0 Å². The summed E-state index contributed by atoms with van der Waals surface area (Å²) in [5, 5.41) is 3.74. The second-order valence-corrected chi connectivity index (χ2v) is 4.59. The molecule has 1 aliphatic heterocycles. The van der Waals surface area contributed by atoms with E-state index >= 15 is 0 Å². The summed E-state index contributed by atoms with van der Waals surface area (Å²) < 4.78 is 5.70. The second kappa shape index (κ2) is 5.49. The summed E-state index contributed by atoms with van der Waals surface area (Å²) >= 11 is 5.79. The number of carbonyl (C=O) groups excluding carboxylic acids is 1. The second-order valence-electron chi connectivity index (χ2n) is 4.16. The predicted molar refractivity (Wildman–Crippen MR) is 65.6 cm³/mol. The molecule has 0 aromatic heterocycles. The first kappa shape index (κ1) is 12.4. The highest BCUT2D eigenvalue weighted by Gasteiger charge is 2.28. The fourth-order valence-electron chi connectivity index (χ4n) is 1.84. The lowest BCUT2D eigenvalue weighted by Crippen LogP contribution is -2.36. The van der Waals surface area contributed by atoms with E-state index in [-0.39, 0.29) is 18.1 Å². The van der Waals surface area contributed by atoms with Gasteiger partial charge in [-0.3, -0.25) is 4.79 Å². The number of hydrogen-bond donors (Lipinski definition) is 2. The zero-order chi connectivity index (χ0) is 12.3. The van der Waals surface area contributed by atoms with Crippen LogP contribution < -0.4 is 11.1 Å². The van der Waals surface area contributed by atoms with E-state index in [0.717, 1.165) is 5.56 Å². The third kappa shape index (κ3) is 3.43. The Hall–Kier alpha value is -1.10. The number of nitrogens with one attached hydrogen (secondary N) is 1. The van der Waals surface area contributed by atoms with Gasteiger partial charge in [-0.1, -0.05) is 23.7 Å². The molecular formula is C12H15ClN2O2. The van der Waals surface area contributed by atoms with Gasteiger partial charge in [0.15, 0.2) is 0 Å². The van der Waals surface area contributed by atoms with Gasteiger partial charge >= 0.3 is 0 Å². The van der Waals surface area contributed by atoms with Gasteiger partial charge in [-0.05, 0) is 24.1 Å². The van der Waals surface area contributed by atoms with Crippen LogP contribution in [0.2, 0.25) is 5.02 Å². The van der Waals surface area contributed by atoms with Crippen molar-refractivity contribution in [1.29, 1.82) is 0 Å². The molecule has 1 amide bonds. The molecule has 17 heavy (non-hydrogen) atoms. The van der Waals surface area contributed by atoms with Crippen molar-refractivity contribution in [2.75, 3.05) is 6.54 Å². The molecule has 1 saturated heterocycles. The fraction of sp³-hybridized carbons (Fsp3) is 0.417. The van der Waals surface area contributed by atoms with Crippen LogP contribution in [-0.2, 0) is 16.1 Å². The van der Waals surface area contributed by atoms with Gasteiger partial charge in [0.25, 0.3) is 0 Å². The molecule has 1 heterocycles. The number of benzene rings is 1. The Morgan fingerprint density at radius 2 is 2.18 bits per heavy atom. The highest BCUT2D eigenvalue weighted by molar-refractivity contribution is 6.30. The molecule has 0 bridgehead atoms. The van der Waals surface area contributed by atoms with E-state index in [1.54, 1.807) is 0 Å². The largest absolute Gasteiger partial charge is 0.372 e. The zero-order valence-electron chi connectivity index (χ0n) is 9.36. The van der Waals surface area contributed by atoms with Gasteiger partial charge < -0.3 is 15.8 Å². The van der Waals surface area contributed by atoms with Gasteiger partial charge in [0.05, 0.1) is 18.8 Å². The van der Waals surface area contributed by atoms with E-state index in [1.807, 2.05) is 24.3 Å². The Balaban J connectivity index is 1.80. The molecule has 5 heteroatoms. The molecule has 1 aromatic carbocycles. The van der Waals surface area contributed by atoms with Crippen LogP contribution in [0.3, 0.4) is 0 Å². The monoisotopic (exact) mass is 254 g/mol. The molecule has 0 unspecified atom stereocenters. The average Bonchev–Trinajstić information content (AvgIpc) is 2.77. The number of hydrogen-bond acceptors (Lipinski definition) is 3. The van der Waals surface area contributed by atoms with Gasteiger partial charge in [0.2, 0.25) is 5.91 Å². The van der Waals surface area contributed by atoms with Crippen molar-refractivity contribution < 1.29 is 9.53 Å². The third-order valence-corrected chi connectivity index (χ3v) is 3.08. The summed E-state index contributed by atoms with van der Waals surface area (Å²) in [6.07, 6.45) is 0.686. The minimum absolute atomic E-state index is 0.0446. The van der Waals surface area contributed by atoms with Gasteiger partial charge in [-0.25, -0.2) is 0 Å². The quantitative estimate of drug-likeness (QED) is 0.845. The zero-order valence-corrected chi connectivity index (χ0v) is 10.1. The number of halogens is 1. The maximum absolute atomic E-state index is 10.9. The number of rotatable bonds is 4. The first-order chi connectivity index (χ1) is 8.15. The third-order valence-electron chi connectivity index (χ3n) is 2.83. The van der Waals surface area contributed by atoms with E-state index in [0.29, 0.717) is 24.6 Å². The lowest BCUT2D eigenvalue weighted by Gasteiger charge is -2.10. The van der Waals surface area contributed by atoms with E-state index in [9.17, 15) is 4.79 Å². The normalized spacial score (nSPS) is 23.8. The number of amides is 1. The summed E-state index contributed by atoms with van der Waals surface area (Å²) in [5.41, 5.74) is 6.28. The van der Waals surface area contributed by atoms with Crippen LogP contribution in [0.1, 0.15) is 12.0 Å². The van der Waals surface area contributed by atoms with E-state index in [2.05, 4.69) is 5.32 Å². The molecular weight excluding hydrogens is 240 g/mol. The van der Waals surface area contributed by atoms with Crippen LogP contribution in [0.25, 0.3) is 0 Å². The first-order valence-electron chi connectivity index (χ1n) is 5.54. The van der Waals surface area contributed by atoms with Crippen LogP contribution in [0.5, 0.6) is 0 Å². The van der Waals surface area contributed by atoms with Crippen molar-refractivity contribution in [2.24, 2.45) is 5.73 Å². The van der Waals surface area contributed by atoms with Gasteiger partial charge in [-0.2, -0.15) is 0 Å². The lowest BCUT2D eigenvalue weighted by molar-refractivity contribution is -0.119. The summed E-state index contributed by atoms with van der Waals surface area (Å²) in [6, 6.07) is 7.26. The Morgan fingerprint density at radius 3 is 2.76 bits per heavy atom. The summed E-state index contributed by atoms with van der Waals surface area (Å²) in [5.74, 6) is -0.317. The molecule has 2 rings (SSSR count). The van der Waals surface area contributed by atoms with Crippen molar-refractivity contribution in [3.05, 3.63) is 34.9 Å². The molecule has 0 aliphatic carbocycles. The van der Waals surface area contributed by atoms with Crippen molar-refractivity contribution in [3.63, 3.8) is 0 Å². The Bertz CT molecular complexity index is 394. The molecule has 1 aliphatic rings. The summed E-state index contributed by atoms with van der Waals surface area (Å²) in [7, 11) is 0. The van der Waals surface area contributed by atoms with Crippen molar-refractivity contribution in [3.8, 4) is 0 Å². The number of carbonyl (C=O) groups is 1.